The van der Waals surface area contributed by atoms with E-state index in [1.54, 1.807) is 0 Å². The fourth-order valence-corrected chi connectivity index (χ4v) is 2.18. The van der Waals surface area contributed by atoms with Gasteiger partial charge in [0.05, 0.1) is 19.3 Å². The van der Waals surface area contributed by atoms with E-state index in [4.69, 9.17) is 10.5 Å². The van der Waals surface area contributed by atoms with Gasteiger partial charge in [0.25, 0.3) is 0 Å². The minimum atomic E-state index is -0.506. The highest BCUT2D eigenvalue weighted by molar-refractivity contribution is 5.41. The summed E-state index contributed by atoms with van der Waals surface area (Å²) < 4.78 is 5.30. The van der Waals surface area contributed by atoms with Crippen LogP contribution in [0.3, 0.4) is 0 Å². The van der Waals surface area contributed by atoms with Crippen LogP contribution in [0, 0.1) is 0 Å². The van der Waals surface area contributed by atoms with Gasteiger partial charge in [-0.3, -0.25) is 4.90 Å². The molecule has 19 heavy (non-hydrogen) atoms. The Kier molecular flexibility index (Phi) is 5.60. The first-order valence-corrected chi connectivity index (χ1v) is 6.80. The number of nitrogens with zero attached hydrogens (tertiary/aromatic N) is 1. The maximum absolute atomic E-state index is 10.0. The van der Waals surface area contributed by atoms with E-state index in [1.807, 2.05) is 24.3 Å². The molecule has 1 fully saturated rings. The quantitative estimate of drug-likeness (QED) is 0.507. The summed E-state index contributed by atoms with van der Waals surface area (Å²) in [6, 6.07) is 7.39. The standard InChI is InChI=1S/C14H23N3O2/c15-13-3-1-2-12(10-13)14(18)11-16-4-5-17-6-8-19-9-7-17/h1-3,10,14,16,18H,4-9,11,15H2. The number of aliphatic hydroxyl groups excluding tert-OH is 1. The van der Waals surface area contributed by atoms with E-state index in [0.717, 1.165) is 45.0 Å². The van der Waals surface area contributed by atoms with Crippen molar-refractivity contribution in [3.05, 3.63) is 29.8 Å². The van der Waals surface area contributed by atoms with Gasteiger partial charge in [-0.2, -0.15) is 0 Å². The monoisotopic (exact) mass is 265 g/mol. The van der Waals surface area contributed by atoms with Gasteiger partial charge < -0.3 is 20.9 Å². The molecule has 0 aromatic heterocycles. The lowest BCUT2D eigenvalue weighted by Gasteiger charge is -2.26. The summed E-state index contributed by atoms with van der Waals surface area (Å²) in [4.78, 5) is 2.36. The molecule has 2 rings (SSSR count). The van der Waals surface area contributed by atoms with Crippen molar-refractivity contribution in [1.29, 1.82) is 0 Å². The number of anilines is 1. The fourth-order valence-electron chi connectivity index (χ4n) is 2.18. The van der Waals surface area contributed by atoms with Crippen LogP contribution in [0.5, 0.6) is 0 Å². The molecule has 5 heteroatoms. The van der Waals surface area contributed by atoms with Crippen LogP contribution in [0.4, 0.5) is 5.69 Å². The molecular formula is C14H23N3O2. The molecule has 1 aliphatic rings. The summed E-state index contributed by atoms with van der Waals surface area (Å²) in [5.41, 5.74) is 7.24. The number of rotatable bonds is 6. The molecule has 0 aliphatic carbocycles. The van der Waals surface area contributed by atoms with E-state index in [9.17, 15) is 5.11 Å². The van der Waals surface area contributed by atoms with E-state index in [1.165, 1.54) is 0 Å². The van der Waals surface area contributed by atoms with Crippen LogP contribution in [0.1, 0.15) is 11.7 Å². The molecule has 1 saturated heterocycles. The Balaban J connectivity index is 1.64. The maximum atomic E-state index is 10.0. The Morgan fingerprint density at radius 1 is 1.37 bits per heavy atom. The fraction of sp³-hybridized carbons (Fsp3) is 0.571. The van der Waals surface area contributed by atoms with Crippen LogP contribution in [0.15, 0.2) is 24.3 Å². The molecule has 0 amide bonds. The van der Waals surface area contributed by atoms with Crippen LogP contribution >= 0.6 is 0 Å². The first-order chi connectivity index (χ1) is 9.25. The Labute approximate surface area is 114 Å². The number of hydrogen-bond donors (Lipinski definition) is 3. The van der Waals surface area contributed by atoms with Crippen molar-refractivity contribution in [1.82, 2.24) is 10.2 Å². The zero-order valence-electron chi connectivity index (χ0n) is 11.2. The van der Waals surface area contributed by atoms with Crippen LogP contribution in [0.2, 0.25) is 0 Å². The smallest absolute Gasteiger partial charge is 0.0915 e. The number of ether oxygens (including phenoxy) is 1. The highest BCUT2D eigenvalue weighted by Crippen LogP contribution is 2.14. The van der Waals surface area contributed by atoms with Crippen LogP contribution < -0.4 is 11.1 Å². The van der Waals surface area contributed by atoms with Crippen molar-refractivity contribution in [2.24, 2.45) is 0 Å². The van der Waals surface area contributed by atoms with Crippen molar-refractivity contribution < 1.29 is 9.84 Å². The number of aliphatic hydroxyl groups is 1. The van der Waals surface area contributed by atoms with E-state index in [-0.39, 0.29) is 0 Å². The zero-order valence-corrected chi connectivity index (χ0v) is 11.2. The second kappa shape index (κ2) is 7.45. The van der Waals surface area contributed by atoms with Gasteiger partial charge in [-0.15, -0.1) is 0 Å². The molecule has 1 aromatic carbocycles. The number of nitrogen functional groups attached to an aromatic ring is 1. The lowest BCUT2D eigenvalue weighted by molar-refractivity contribution is 0.0380. The third-order valence-corrected chi connectivity index (χ3v) is 3.34. The molecule has 0 bridgehead atoms. The third-order valence-electron chi connectivity index (χ3n) is 3.34. The molecule has 106 valence electrons. The van der Waals surface area contributed by atoms with Gasteiger partial charge in [0, 0.05) is 38.4 Å². The Morgan fingerprint density at radius 3 is 2.89 bits per heavy atom. The van der Waals surface area contributed by atoms with E-state index in [2.05, 4.69) is 10.2 Å². The van der Waals surface area contributed by atoms with Gasteiger partial charge in [0.15, 0.2) is 0 Å². The summed E-state index contributed by atoms with van der Waals surface area (Å²) in [5.74, 6) is 0. The molecule has 5 nitrogen and oxygen atoms in total. The Bertz CT molecular complexity index is 381. The number of benzene rings is 1. The number of nitrogens with two attached hydrogens (primary N) is 1. The lowest BCUT2D eigenvalue weighted by atomic mass is 10.1. The molecule has 1 atom stereocenters. The van der Waals surface area contributed by atoms with E-state index >= 15 is 0 Å². The second-order valence-electron chi connectivity index (χ2n) is 4.84. The van der Waals surface area contributed by atoms with Gasteiger partial charge >= 0.3 is 0 Å². The minimum Gasteiger partial charge on any atom is -0.399 e. The summed E-state index contributed by atoms with van der Waals surface area (Å²) >= 11 is 0. The van der Waals surface area contributed by atoms with Crippen molar-refractivity contribution in [2.75, 3.05) is 51.7 Å². The highest BCUT2D eigenvalue weighted by atomic mass is 16.5. The molecule has 1 unspecified atom stereocenters. The van der Waals surface area contributed by atoms with Crippen molar-refractivity contribution in [3.8, 4) is 0 Å². The SMILES string of the molecule is Nc1cccc(C(O)CNCCN2CCOCC2)c1. The number of morpholine rings is 1. The van der Waals surface area contributed by atoms with Crippen molar-refractivity contribution >= 4 is 5.69 Å². The molecule has 1 heterocycles. The molecule has 0 saturated carbocycles. The normalized spacial score (nSPS) is 18.4. The molecular weight excluding hydrogens is 242 g/mol. The summed E-state index contributed by atoms with van der Waals surface area (Å²) in [5, 5.41) is 13.3. The molecule has 4 N–H and O–H groups in total. The average molecular weight is 265 g/mol. The first-order valence-electron chi connectivity index (χ1n) is 6.80. The first kappa shape index (κ1) is 14.3. The van der Waals surface area contributed by atoms with Gasteiger partial charge in [0.2, 0.25) is 0 Å². The average Bonchev–Trinajstić information content (AvgIpc) is 2.44. The zero-order chi connectivity index (χ0) is 13.5. The third kappa shape index (κ3) is 4.80. The van der Waals surface area contributed by atoms with Crippen LogP contribution in [0.25, 0.3) is 0 Å². The summed E-state index contributed by atoms with van der Waals surface area (Å²) in [6.45, 7) is 6.07. The molecule has 1 aliphatic heterocycles. The largest absolute Gasteiger partial charge is 0.399 e. The molecule has 0 radical (unpaired) electrons. The second-order valence-corrected chi connectivity index (χ2v) is 4.84. The minimum absolute atomic E-state index is 0.506. The van der Waals surface area contributed by atoms with E-state index < -0.39 is 6.10 Å². The maximum Gasteiger partial charge on any atom is 0.0915 e. The van der Waals surface area contributed by atoms with Crippen LogP contribution in [-0.4, -0.2) is 55.9 Å². The highest BCUT2D eigenvalue weighted by Gasteiger charge is 2.10. The number of hydrogen-bond acceptors (Lipinski definition) is 5. The predicted molar refractivity (Wildman–Crippen MR) is 75.9 cm³/mol. The topological polar surface area (TPSA) is 70.8 Å². The predicted octanol–water partition coefficient (Wildman–Crippen LogP) is 0.224. The van der Waals surface area contributed by atoms with Crippen molar-refractivity contribution in [2.45, 2.75) is 6.10 Å². The van der Waals surface area contributed by atoms with Gasteiger partial charge in [0.1, 0.15) is 0 Å². The van der Waals surface area contributed by atoms with Gasteiger partial charge in [-0.05, 0) is 17.7 Å². The summed E-state index contributed by atoms with van der Waals surface area (Å²) in [7, 11) is 0. The Hall–Kier alpha value is -1.14. The van der Waals surface area contributed by atoms with Gasteiger partial charge in [-0.1, -0.05) is 12.1 Å². The van der Waals surface area contributed by atoms with Gasteiger partial charge in [-0.25, -0.2) is 0 Å². The summed E-state index contributed by atoms with van der Waals surface area (Å²) in [6.07, 6.45) is -0.506. The number of nitrogens with one attached hydrogen (secondary N) is 1. The van der Waals surface area contributed by atoms with E-state index in [0.29, 0.717) is 12.2 Å². The van der Waals surface area contributed by atoms with Crippen LogP contribution in [-0.2, 0) is 4.74 Å². The van der Waals surface area contributed by atoms with Crippen molar-refractivity contribution in [3.63, 3.8) is 0 Å². The molecule has 0 spiro atoms. The Morgan fingerprint density at radius 2 is 2.16 bits per heavy atom. The lowest BCUT2D eigenvalue weighted by Crippen LogP contribution is -2.40. The molecule has 1 aromatic rings.